The summed E-state index contributed by atoms with van der Waals surface area (Å²) in [6.45, 7) is 0.0250. The highest BCUT2D eigenvalue weighted by molar-refractivity contribution is 7.98. The Hall–Kier alpha value is -4.20. The van der Waals surface area contributed by atoms with Gasteiger partial charge in [0, 0.05) is 28.4 Å². The van der Waals surface area contributed by atoms with Gasteiger partial charge >= 0.3 is 5.97 Å². The number of hydrogen-bond acceptors (Lipinski definition) is 9. The van der Waals surface area contributed by atoms with Gasteiger partial charge in [-0.15, -0.1) is 23.5 Å². The number of aromatic carboxylic acids is 1. The Kier molecular flexibility index (Phi) is 12.8. The van der Waals surface area contributed by atoms with Gasteiger partial charge < -0.3 is 25.0 Å². The van der Waals surface area contributed by atoms with Gasteiger partial charge in [0.2, 0.25) is 11.8 Å². The smallest absolute Gasteiger partial charge is 0.341 e. The summed E-state index contributed by atoms with van der Waals surface area (Å²) in [4.78, 5) is 33.4. The number of ether oxygens (including phenoxy) is 2. The molecule has 13 heteroatoms. The molecule has 1 aliphatic carbocycles. The zero-order valence-corrected chi connectivity index (χ0v) is 26.7. The Morgan fingerprint density at radius 2 is 1.37 bits per heavy atom. The van der Waals surface area contributed by atoms with E-state index in [2.05, 4.69) is 15.3 Å². The first-order valence-electron chi connectivity index (χ1n) is 14.3. The lowest BCUT2D eigenvalue weighted by molar-refractivity contribution is 0.0692. The van der Waals surface area contributed by atoms with E-state index < -0.39 is 23.5 Å². The van der Waals surface area contributed by atoms with E-state index in [9.17, 15) is 23.5 Å². The van der Waals surface area contributed by atoms with Crippen LogP contribution in [0.4, 0.5) is 8.78 Å². The Morgan fingerprint density at radius 3 is 1.89 bits per heavy atom. The minimum absolute atomic E-state index is 0.0202. The van der Waals surface area contributed by atoms with Gasteiger partial charge in [-0.3, -0.25) is 4.79 Å². The summed E-state index contributed by atoms with van der Waals surface area (Å²) in [7, 11) is 0. The molecule has 2 aromatic carbocycles. The lowest BCUT2D eigenvalue weighted by Crippen LogP contribution is -2.43. The van der Waals surface area contributed by atoms with Crippen LogP contribution in [-0.2, 0) is 0 Å². The van der Waals surface area contributed by atoms with E-state index in [1.54, 1.807) is 36.0 Å². The number of benzene rings is 2. The summed E-state index contributed by atoms with van der Waals surface area (Å²) in [5.74, 6) is -2.13. The third kappa shape index (κ3) is 9.65. The van der Waals surface area contributed by atoms with Gasteiger partial charge in [-0.1, -0.05) is 25.0 Å². The second-order valence-electron chi connectivity index (χ2n) is 10.2. The van der Waals surface area contributed by atoms with Gasteiger partial charge in [0.15, 0.2) is 0 Å². The number of carboxylic acids is 1. The molecule has 1 saturated carbocycles. The number of halogens is 2. The molecule has 2 heterocycles. The number of aliphatic hydroxyl groups excluding tert-OH is 1. The van der Waals surface area contributed by atoms with Gasteiger partial charge in [-0.25, -0.2) is 23.5 Å². The highest BCUT2D eigenvalue weighted by Crippen LogP contribution is 2.29. The summed E-state index contributed by atoms with van der Waals surface area (Å²) in [6, 6.07) is 16.4. The van der Waals surface area contributed by atoms with E-state index >= 15 is 0 Å². The number of aliphatic hydroxyl groups is 1. The molecule has 4 aromatic rings. The zero-order chi connectivity index (χ0) is 33.1. The molecule has 1 amide bonds. The number of carboxylic acid groups (broad SMARTS) is 1. The van der Waals surface area contributed by atoms with Crippen LogP contribution in [0.15, 0.2) is 82.8 Å². The van der Waals surface area contributed by atoms with Crippen LogP contribution in [0.3, 0.4) is 0 Å². The molecule has 0 spiro atoms. The number of thioether (sulfide) groups is 2. The number of aromatic nitrogens is 2. The van der Waals surface area contributed by atoms with Crippen LogP contribution in [0.2, 0.25) is 0 Å². The number of carbonyl (C=O) groups excluding carboxylic acids is 1. The summed E-state index contributed by atoms with van der Waals surface area (Å²) in [5, 5.41) is 21.4. The lowest BCUT2D eigenvalue weighted by atomic mass is 9.85. The van der Waals surface area contributed by atoms with Gasteiger partial charge in [0.1, 0.15) is 34.3 Å². The number of nitrogens with one attached hydrogen (secondary N) is 1. The van der Waals surface area contributed by atoms with Gasteiger partial charge in [0.25, 0.3) is 5.91 Å². The van der Waals surface area contributed by atoms with E-state index in [1.165, 1.54) is 11.8 Å². The number of carbonyl (C=O) groups is 2. The third-order valence-corrected chi connectivity index (χ3v) is 8.53. The minimum atomic E-state index is -1.29. The fraction of sp³-hybridized carbons (Fsp3) is 0.273. The van der Waals surface area contributed by atoms with Gasteiger partial charge in [-0.2, -0.15) is 0 Å². The minimum Gasteiger partial charge on any atom is -0.477 e. The summed E-state index contributed by atoms with van der Waals surface area (Å²) >= 11 is 3.10. The number of amides is 1. The van der Waals surface area contributed by atoms with Crippen molar-refractivity contribution in [3.63, 3.8) is 0 Å². The van der Waals surface area contributed by atoms with Crippen molar-refractivity contribution >= 4 is 35.4 Å². The quantitative estimate of drug-likeness (QED) is 0.146. The monoisotopic (exact) mass is 669 g/mol. The first-order valence-corrected chi connectivity index (χ1v) is 16.8. The SMILES string of the molecule is CSc1cccc(Oc2ncc(F)cc2C(=O)NC2CCCC[C@H]2CO)c1.CSc1cccc(Oc2ncc(F)cc2C(=O)O)c1. The molecule has 0 radical (unpaired) electrons. The predicted molar refractivity (Wildman–Crippen MR) is 172 cm³/mol. The standard InChI is InChI=1S/C20H23FN2O3S.C13H10FNO3S/c1-27-16-7-4-6-15(10-16)26-20-17(9-14(21)11-22-20)19(25)23-18-8-3-2-5-13(18)12-24;1-19-10-4-2-3-9(6-10)18-12-11(13(16)17)5-8(14)7-15-12/h4,6-7,9-11,13,18,24H,2-3,5,8,12H2,1H3,(H,23,25);2-7H,1H3,(H,16,17)/t13-,18?;/m0./s1. The van der Waals surface area contributed by atoms with Crippen molar-refractivity contribution in [3.8, 4) is 23.3 Å². The van der Waals surface area contributed by atoms with Crippen molar-refractivity contribution < 1.29 is 38.1 Å². The largest absolute Gasteiger partial charge is 0.477 e. The topological polar surface area (TPSA) is 131 Å². The van der Waals surface area contributed by atoms with Crippen molar-refractivity contribution in [2.45, 2.75) is 41.5 Å². The number of nitrogens with zero attached hydrogens (tertiary/aromatic N) is 2. The molecule has 0 saturated heterocycles. The van der Waals surface area contributed by atoms with E-state index in [0.29, 0.717) is 11.5 Å². The van der Waals surface area contributed by atoms with Crippen LogP contribution < -0.4 is 14.8 Å². The zero-order valence-electron chi connectivity index (χ0n) is 25.1. The maximum absolute atomic E-state index is 13.7. The molecule has 1 unspecified atom stereocenters. The van der Waals surface area contributed by atoms with Crippen molar-refractivity contribution in [1.29, 1.82) is 0 Å². The van der Waals surface area contributed by atoms with Crippen LogP contribution >= 0.6 is 23.5 Å². The fourth-order valence-corrected chi connectivity index (χ4v) is 5.64. The number of hydrogen-bond donors (Lipinski definition) is 3. The second kappa shape index (κ2) is 16.9. The molecule has 46 heavy (non-hydrogen) atoms. The average molecular weight is 670 g/mol. The first kappa shape index (κ1) is 34.7. The predicted octanol–water partition coefficient (Wildman–Crippen LogP) is 7.45. The average Bonchev–Trinajstić information content (AvgIpc) is 3.07. The fourth-order valence-electron chi connectivity index (χ4n) is 4.75. The van der Waals surface area contributed by atoms with Gasteiger partial charge in [0.05, 0.1) is 12.4 Å². The molecule has 0 bridgehead atoms. The molecule has 5 rings (SSSR count). The molecule has 9 nitrogen and oxygen atoms in total. The van der Waals surface area contributed by atoms with Crippen LogP contribution in [0, 0.1) is 17.6 Å². The first-order chi connectivity index (χ1) is 22.2. The number of pyridine rings is 2. The molecule has 1 aliphatic rings. The van der Waals surface area contributed by atoms with E-state index in [0.717, 1.165) is 60.0 Å². The van der Waals surface area contributed by atoms with Crippen molar-refractivity contribution in [2.24, 2.45) is 5.92 Å². The Balaban J connectivity index is 0.000000222. The molecule has 242 valence electrons. The van der Waals surface area contributed by atoms with Crippen LogP contribution in [0.25, 0.3) is 0 Å². The molecular weight excluding hydrogens is 637 g/mol. The van der Waals surface area contributed by atoms with E-state index in [4.69, 9.17) is 14.6 Å². The Bertz CT molecular complexity index is 1660. The van der Waals surface area contributed by atoms with Crippen molar-refractivity contribution in [1.82, 2.24) is 15.3 Å². The molecule has 1 fully saturated rings. The van der Waals surface area contributed by atoms with Crippen molar-refractivity contribution in [3.05, 3.63) is 95.8 Å². The lowest BCUT2D eigenvalue weighted by Gasteiger charge is -2.30. The summed E-state index contributed by atoms with van der Waals surface area (Å²) in [6.07, 6.45) is 9.52. The molecule has 0 aliphatic heterocycles. The Morgan fingerprint density at radius 1 is 0.848 bits per heavy atom. The van der Waals surface area contributed by atoms with E-state index in [1.807, 2.05) is 36.8 Å². The highest BCUT2D eigenvalue weighted by Gasteiger charge is 2.28. The van der Waals surface area contributed by atoms with Crippen LogP contribution in [0.5, 0.6) is 23.3 Å². The summed E-state index contributed by atoms with van der Waals surface area (Å²) < 4.78 is 37.9. The molecule has 2 atom stereocenters. The molecule has 3 N–H and O–H groups in total. The maximum Gasteiger partial charge on any atom is 0.341 e. The maximum atomic E-state index is 13.7. The molecule has 2 aromatic heterocycles. The summed E-state index contributed by atoms with van der Waals surface area (Å²) in [5.41, 5.74) is -0.263. The molecular formula is C33H33F2N3O6S2. The second-order valence-corrected chi connectivity index (χ2v) is 11.9. The Labute approximate surface area is 273 Å². The highest BCUT2D eigenvalue weighted by atomic mass is 32.2. The van der Waals surface area contributed by atoms with Gasteiger partial charge in [-0.05, 0) is 73.9 Å². The normalized spacial score (nSPS) is 15.7. The van der Waals surface area contributed by atoms with Crippen molar-refractivity contribution in [2.75, 3.05) is 19.1 Å². The van der Waals surface area contributed by atoms with Crippen LogP contribution in [-0.4, -0.2) is 57.2 Å². The number of rotatable bonds is 10. The van der Waals surface area contributed by atoms with Crippen LogP contribution in [0.1, 0.15) is 46.4 Å². The van der Waals surface area contributed by atoms with E-state index in [-0.39, 0.29) is 41.5 Å². The third-order valence-electron chi connectivity index (χ3n) is 7.08.